The van der Waals surface area contributed by atoms with Crippen LogP contribution in [0, 0.1) is 13.8 Å². The van der Waals surface area contributed by atoms with Crippen molar-refractivity contribution in [2.75, 3.05) is 13.1 Å². The Balaban J connectivity index is 1.44. The van der Waals surface area contributed by atoms with Crippen molar-refractivity contribution in [3.63, 3.8) is 0 Å². The molecule has 0 unspecified atom stereocenters. The molecular formula is C27H30N4O3S. The zero-order valence-corrected chi connectivity index (χ0v) is 21.1. The predicted octanol–water partition coefficient (Wildman–Crippen LogP) is 4.11. The molecule has 0 saturated carbocycles. The number of rotatable bonds is 5. The van der Waals surface area contributed by atoms with Crippen LogP contribution in [0.15, 0.2) is 48.7 Å². The molecule has 3 heterocycles. The van der Waals surface area contributed by atoms with Crippen molar-refractivity contribution in [3.8, 4) is 0 Å². The number of thiazole rings is 1. The molecule has 5 rings (SSSR count). The second kappa shape index (κ2) is 9.51. The number of nitrogens with one attached hydrogen (secondary N) is 1. The van der Waals surface area contributed by atoms with Gasteiger partial charge in [0.05, 0.1) is 35.1 Å². The molecule has 1 aromatic carbocycles. The van der Waals surface area contributed by atoms with Crippen LogP contribution < -0.4 is 5.32 Å². The minimum absolute atomic E-state index is 0.0543. The lowest BCUT2D eigenvalue weighted by atomic mass is 9.71. The van der Waals surface area contributed by atoms with Gasteiger partial charge in [-0.25, -0.2) is 4.98 Å². The second-order valence-corrected chi connectivity index (χ2v) is 10.6. The Morgan fingerprint density at radius 1 is 1.14 bits per heavy atom. The van der Waals surface area contributed by atoms with Crippen molar-refractivity contribution in [1.29, 1.82) is 0 Å². The number of hydrogen-bond acceptors (Lipinski definition) is 6. The molecular weight excluding hydrogens is 460 g/mol. The third-order valence-corrected chi connectivity index (χ3v) is 8.28. The highest BCUT2D eigenvalue weighted by Crippen LogP contribution is 2.52. The van der Waals surface area contributed by atoms with Crippen LogP contribution in [0.4, 0.5) is 0 Å². The topological polar surface area (TPSA) is 84.4 Å². The SMILES string of the molecule is CC(=O)N[C@H]1c2ccccc2C2(CCN(C(=O)c3sc(C)nc3C)CC2)[C@@H]1OCc1ccccn1. The van der Waals surface area contributed by atoms with Gasteiger partial charge in [0.2, 0.25) is 5.91 Å². The van der Waals surface area contributed by atoms with Crippen LogP contribution in [0.2, 0.25) is 0 Å². The zero-order valence-electron chi connectivity index (χ0n) is 20.3. The van der Waals surface area contributed by atoms with Gasteiger partial charge in [0.25, 0.3) is 5.91 Å². The summed E-state index contributed by atoms with van der Waals surface area (Å²) >= 11 is 1.46. The molecule has 0 bridgehead atoms. The van der Waals surface area contributed by atoms with Crippen LogP contribution in [0.5, 0.6) is 0 Å². The van der Waals surface area contributed by atoms with E-state index in [1.54, 1.807) is 13.1 Å². The van der Waals surface area contributed by atoms with E-state index in [0.29, 0.717) is 19.7 Å². The van der Waals surface area contributed by atoms with Crippen molar-refractivity contribution >= 4 is 23.2 Å². The van der Waals surface area contributed by atoms with Crippen LogP contribution in [-0.2, 0) is 21.6 Å². The van der Waals surface area contributed by atoms with E-state index < -0.39 is 0 Å². The Morgan fingerprint density at radius 3 is 2.54 bits per heavy atom. The first-order valence-corrected chi connectivity index (χ1v) is 12.8. The lowest BCUT2D eigenvalue weighted by Gasteiger charge is -2.44. The van der Waals surface area contributed by atoms with E-state index in [9.17, 15) is 9.59 Å². The molecule has 0 radical (unpaired) electrons. The number of aryl methyl sites for hydroxylation is 2. The van der Waals surface area contributed by atoms with Crippen LogP contribution in [0.3, 0.4) is 0 Å². The number of piperidine rings is 1. The van der Waals surface area contributed by atoms with E-state index in [1.807, 2.05) is 49.1 Å². The minimum Gasteiger partial charge on any atom is -0.368 e. The third-order valence-electron chi connectivity index (χ3n) is 7.22. The Morgan fingerprint density at radius 2 is 1.89 bits per heavy atom. The van der Waals surface area contributed by atoms with Gasteiger partial charge in [0.1, 0.15) is 4.88 Å². The first-order valence-electron chi connectivity index (χ1n) is 12.0. The van der Waals surface area contributed by atoms with E-state index in [4.69, 9.17) is 4.74 Å². The molecule has 1 spiro atoms. The third kappa shape index (κ3) is 4.36. The summed E-state index contributed by atoms with van der Waals surface area (Å²) in [6.45, 7) is 6.98. The fraction of sp³-hybridized carbons (Fsp3) is 0.407. The van der Waals surface area contributed by atoms with Gasteiger partial charge >= 0.3 is 0 Å². The summed E-state index contributed by atoms with van der Waals surface area (Å²) in [6.07, 6.45) is 3.03. The van der Waals surface area contributed by atoms with E-state index in [2.05, 4.69) is 27.4 Å². The summed E-state index contributed by atoms with van der Waals surface area (Å²) in [4.78, 5) is 37.0. The molecule has 2 aliphatic rings. The quantitative estimate of drug-likeness (QED) is 0.582. The van der Waals surface area contributed by atoms with Crippen LogP contribution in [-0.4, -0.2) is 45.9 Å². The Labute approximate surface area is 209 Å². The Kier molecular flexibility index (Phi) is 6.42. The highest BCUT2D eigenvalue weighted by Gasteiger charge is 2.54. The second-order valence-electron chi connectivity index (χ2n) is 9.41. The number of hydrogen-bond donors (Lipinski definition) is 1. The molecule has 1 aliphatic heterocycles. The number of carbonyl (C=O) groups excluding carboxylic acids is 2. The molecule has 1 fully saturated rings. The smallest absolute Gasteiger partial charge is 0.265 e. The average Bonchev–Trinajstić information content (AvgIpc) is 3.32. The summed E-state index contributed by atoms with van der Waals surface area (Å²) < 4.78 is 6.59. The number of pyridine rings is 1. The van der Waals surface area contributed by atoms with Crippen LogP contribution >= 0.6 is 11.3 Å². The summed E-state index contributed by atoms with van der Waals surface area (Å²) in [5, 5.41) is 4.06. The lowest BCUT2D eigenvalue weighted by Crippen LogP contribution is -2.51. The van der Waals surface area contributed by atoms with Gasteiger partial charge in [0.15, 0.2) is 0 Å². The summed E-state index contributed by atoms with van der Waals surface area (Å²) in [5.41, 5.74) is 3.66. The first-order chi connectivity index (χ1) is 16.9. The minimum atomic E-state index is -0.298. The van der Waals surface area contributed by atoms with Crippen molar-refractivity contribution < 1.29 is 14.3 Å². The number of nitrogens with zero attached hydrogens (tertiary/aromatic N) is 3. The zero-order chi connectivity index (χ0) is 24.6. The maximum atomic E-state index is 13.3. The molecule has 182 valence electrons. The number of ether oxygens (including phenoxy) is 1. The van der Waals surface area contributed by atoms with Gasteiger partial charge in [-0.1, -0.05) is 30.3 Å². The molecule has 1 saturated heterocycles. The van der Waals surface area contributed by atoms with Gasteiger partial charge in [-0.3, -0.25) is 14.6 Å². The van der Waals surface area contributed by atoms with Crippen molar-refractivity contribution in [3.05, 3.63) is 81.1 Å². The molecule has 2 aromatic heterocycles. The molecule has 35 heavy (non-hydrogen) atoms. The number of aromatic nitrogens is 2. The average molecular weight is 491 g/mol. The molecule has 2 amide bonds. The lowest BCUT2D eigenvalue weighted by molar-refractivity contribution is -0.122. The number of fused-ring (bicyclic) bond motifs is 2. The van der Waals surface area contributed by atoms with E-state index >= 15 is 0 Å². The maximum Gasteiger partial charge on any atom is 0.265 e. The summed E-state index contributed by atoms with van der Waals surface area (Å²) in [7, 11) is 0. The van der Waals surface area contributed by atoms with Gasteiger partial charge in [-0.2, -0.15) is 0 Å². The fourth-order valence-electron chi connectivity index (χ4n) is 5.68. The van der Waals surface area contributed by atoms with E-state index in [-0.39, 0.29) is 29.4 Å². The van der Waals surface area contributed by atoms with Gasteiger partial charge in [0, 0.05) is 31.6 Å². The standard InChI is InChI=1S/C27H30N4O3S/c1-17-24(35-19(3)29-17)26(33)31-14-11-27(12-15-31)22-10-5-4-9-21(22)23(30-18(2)32)25(27)34-16-20-8-6-7-13-28-20/h4-10,13,23,25H,11-12,14-16H2,1-3H3,(H,30,32)/t23-,25+/m0/s1. The van der Waals surface area contributed by atoms with Gasteiger partial charge in [-0.15, -0.1) is 11.3 Å². The highest BCUT2D eigenvalue weighted by molar-refractivity contribution is 7.13. The first kappa shape index (κ1) is 23.6. The predicted molar refractivity (Wildman–Crippen MR) is 134 cm³/mol. The normalized spacial score (nSPS) is 20.6. The number of likely N-dealkylation sites (tertiary alicyclic amines) is 1. The van der Waals surface area contributed by atoms with E-state index in [0.717, 1.165) is 39.7 Å². The van der Waals surface area contributed by atoms with Gasteiger partial charge in [-0.05, 0) is 49.9 Å². The monoisotopic (exact) mass is 490 g/mol. The molecule has 1 N–H and O–H groups in total. The summed E-state index contributed by atoms with van der Waals surface area (Å²) in [5.74, 6) is -0.0319. The Hall–Kier alpha value is -3.10. The largest absolute Gasteiger partial charge is 0.368 e. The maximum absolute atomic E-state index is 13.3. The molecule has 7 nitrogen and oxygen atoms in total. The van der Waals surface area contributed by atoms with Gasteiger partial charge < -0.3 is 15.0 Å². The number of amides is 2. The molecule has 1 aliphatic carbocycles. The van der Waals surface area contributed by atoms with Crippen molar-refractivity contribution in [1.82, 2.24) is 20.2 Å². The molecule has 3 aromatic rings. The number of benzene rings is 1. The summed E-state index contributed by atoms with van der Waals surface area (Å²) in [6, 6.07) is 13.8. The fourth-order valence-corrected chi connectivity index (χ4v) is 6.57. The van der Waals surface area contributed by atoms with Crippen LogP contribution in [0.25, 0.3) is 0 Å². The highest BCUT2D eigenvalue weighted by atomic mass is 32.1. The van der Waals surface area contributed by atoms with E-state index in [1.165, 1.54) is 16.9 Å². The van der Waals surface area contributed by atoms with Crippen molar-refractivity contribution in [2.45, 2.75) is 57.8 Å². The molecule has 8 heteroatoms. The molecule has 2 atom stereocenters. The van der Waals surface area contributed by atoms with Crippen molar-refractivity contribution in [2.24, 2.45) is 0 Å². The van der Waals surface area contributed by atoms with Crippen LogP contribution in [0.1, 0.15) is 63.0 Å². The Bertz CT molecular complexity index is 1230. The number of carbonyl (C=O) groups is 2.